The minimum atomic E-state index is -3.51. The number of halogens is 1. The van der Waals surface area contributed by atoms with E-state index in [4.69, 9.17) is 16.3 Å². The van der Waals surface area contributed by atoms with Gasteiger partial charge in [-0.1, -0.05) is 23.7 Å². The third-order valence-corrected chi connectivity index (χ3v) is 9.05. The highest BCUT2D eigenvalue weighted by Gasteiger charge is 2.24. The number of nitrogens with one attached hydrogen (secondary N) is 3. The van der Waals surface area contributed by atoms with Crippen LogP contribution in [-0.4, -0.2) is 42.8 Å². The molecule has 4 rings (SSSR count). The molecule has 0 atom stereocenters. The Bertz CT molecular complexity index is 1390. The smallest absolute Gasteiger partial charge is 0.229 e. The SMILES string of the molecule is Cc1cc(Nc2nc(Nc3ccccc3S(=O)(=O)C(C)C)ncc2Cl)c(OC(C)C)cc1C1CCNCC1. The maximum atomic E-state index is 12.9. The van der Waals surface area contributed by atoms with Crippen LogP contribution in [-0.2, 0) is 9.84 Å². The van der Waals surface area contributed by atoms with E-state index in [-0.39, 0.29) is 16.9 Å². The zero-order valence-electron chi connectivity index (χ0n) is 22.5. The van der Waals surface area contributed by atoms with Crippen LogP contribution in [0.4, 0.5) is 23.1 Å². The lowest BCUT2D eigenvalue weighted by Crippen LogP contribution is -2.27. The highest BCUT2D eigenvalue weighted by molar-refractivity contribution is 7.92. The standard InChI is InChI=1S/C28H36ClN5O3S/c1-17(2)37-25-15-21(20-10-12-30-13-11-20)19(5)14-24(25)32-27-22(29)16-31-28(34-27)33-23-8-6-7-9-26(23)38(35,36)18(3)4/h6-9,14-18,20,30H,10-13H2,1-5H3,(H2,31,32,33,34). The summed E-state index contributed by atoms with van der Waals surface area (Å²) in [5.41, 5.74) is 3.63. The highest BCUT2D eigenvalue weighted by Crippen LogP contribution is 2.38. The summed E-state index contributed by atoms with van der Waals surface area (Å²) in [6.07, 6.45) is 3.65. The van der Waals surface area contributed by atoms with Crippen molar-refractivity contribution in [2.45, 2.75) is 69.6 Å². The Morgan fingerprint density at radius 3 is 2.45 bits per heavy atom. The largest absolute Gasteiger partial charge is 0.489 e. The van der Waals surface area contributed by atoms with E-state index in [1.54, 1.807) is 38.1 Å². The second-order valence-electron chi connectivity index (χ2n) is 10.1. The summed E-state index contributed by atoms with van der Waals surface area (Å²) in [6, 6.07) is 10.9. The van der Waals surface area contributed by atoms with E-state index in [0.29, 0.717) is 22.4 Å². The van der Waals surface area contributed by atoms with E-state index in [1.807, 2.05) is 13.8 Å². The lowest BCUT2D eigenvalue weighted by Gasteiger charge is -2.26. The van der Waals surface area contributed by atoms with E-state index in [2.05, 4.69) is 45.0 Å². The van der Waals surface area contributed by atoms with Crippen LogP contribution in [0.2, 0.25) is 5.02 Å². The van der Waals surface area contributed by atoms with Gasteiger partial charge in [-0.25, -0.2) is 13.4 Å². The van der Waals surface area contributed by atoms with Crippen LogP contribution in [0, 0.1) is 6.92 Å². The van der Waals surface area contributed by atoms with Gasteiger partial charge >= 0.3 is 0 Å². The Morgan fingerprint density at radius 2 is 1.76 bits per heavy atom. The van der Waals surface area contributed by atoms with Crippen LogP contribution in [0.25, 0.3) is 0 Å². The van der Waals surface area contributed by atoms with Crippen molar-refractivity contribution in [1.82, 2.24) is 15.3 Å². The van der Waals surface area contributed by atoms with Crippen molar-refractivity contribution in [3.05, 3.63) is 58.7 Å². The molecule has 2 aromatic carbocycles. The molecule has 0 amide bonds. The number of hydrogen-bond acceptors (Lipinski definition) is 8. The first-order chi connectivity index (χ1) is 18.1. The molecule has 1 aliphatic rings. The number of para-hydroxylation sites is 1. The second-order valence-corrected chi connectivity index (χ2v) is 13.0. The van der Waals surface area contributed by atoms with Crippen molar-refractivity contribution < 1.29 is 13.2 Å². The van der Waals surface area contributed by atoms with Crippen LogP contribution in [0.15, 0.2) is 47.5 Å². The van der Waals surface area contributed by atoms with Crippen molar-refractivity contribution in [1.29, 1.82) is 0 Å². The van der Waals surface area contributed by atoms with Gasteiger partial charge in [0.25, 0.3) is 0 Å². The van der Waals surface area contributed by atoms with E-state index in [1.165, 1.54) is 17.3 Å². The van der Waals surface area contributed by atoms with Crippen LogP contribution < -0.4 is 20.7 Å². The van der Waals surface area contributed by atoms with Crippen LogP contribution in [0.1, 0.15) is 57.6 Å². The molecule has 0 saturated carbocycles. The number of piperidine rings is 1. The Morgan fingerprint density at radius 1 is 1.05 bits per heavy atom. The van der Waals surface area contributed by atoms with E-state index in [0.717, 1.165) is 37.4 Å². The van der Waals surface area contributed by atoms with Gasteiger partial charge in [0.15, 0.2) is 15.7 Å². The first kappa shape index (κ1) is 28.1. The van der Waals surface area contributed by atoms with Gasteiger partial charge < -0.3 is 20.7 Å². The summed E-state index contributed by atoms with van der Waals surface area (Å²) < 4.78 is 31.9. The number of aryl methyl sites for hydroxylation is 1. The number of benzene rings is 2. The molecular weight excluding hydrogens is 522 g/mol. The number of nitrogens with zero attached hydrogens (tertiary/aromatic N) is 2. The number of rotatable bonds is 9. The molecule has 1 fully saturated rings. The van der Waals surface area contributed by atoms with Gasteiger partial charge in [-0.2, -0.15) is 4.98 Å². The minimum absolute atomic E-state index is 0.0170. The Balaban J connectivity index is 1.66. The molecule has 1 aromatic heterocycles. The number of hydrogen-bond donors (Lipinski definition) is 3. The monoisotopic (exact) mass is 557 g/mol. The molecular formula is C28H36ClN5O3S. The van der Waals surface area contributed by atoms with Gasteiger partial charge in [-0.3, -0.25) is 0 Å². The molecule has 0 spiro atoms. The molecule has 1 aliphatic heterocycles. The van der Waals surface area contributed by atoms with E-state index in [9.17, 15) is 8.42 Å². The van der Waals surface area contributed by atoms with Crippen LogP contribution in [0.5, 0.6) is 5.75 Å². The number of ether oxygens (including phenoxy) is 1. The quantitative estimate of drug-likeness (QED) is 0.279. The summed E-state index contributed by atoms with van der Waals surface area (Å²) in [5.74, 6) is 1.82. The second kappa shape index (κ2) is 11.9. The van der Waals surface area contributed by atoms with Crippen molar-refractivity contribution in [3.63, 3.8) is 0 Å². The predicted molar refractivity (Wildman–Crippen MR) is 154 cm³/mol. The third kappa shape index (κ3) is 6.39. The maximum absolute atomic E-state index is 12.9. The molecule has 10 heteroatoms. The summed E-state index contributed by atoms with van der Waals surface area (Å²) in [7, 11) is -3.51. The van der Waals surface area contributed by atoms with Gasteiger partial charge in [-0.15, -0.1) is 0 Å². The van der Waals surface area contributed by atoms with Crippen molar-refractivity contribution in [2.75, 3.05) is 23.7 Å². The normalized spacial score (nSPS) is 14.6. The Hall–Kier alpha value is -2.88. The van der Waals surface area contributed by atoms with Crippen molar-refractivity contribution in [3.8, 4) is 5.75 Å². The van der Waals surface area contributed by atoms with Crippen LogP contribution in [0.3, 0.4) is 0 Å². The van der Waals surface area contributed by atoms with Gasteiger partial charge in [0.1, 0.15) is 10.8 Å². The lowest BCUT2D eigenvalue weighted by atomic mass is 9.87. The third-order valence-electron chi connectivity index (χ3n) is 6.57. The molecule has 8 nitrogen and oxygen atoms in total. The van der Waals surface area contributed by atoms with E-state index < -0.39 is 15.1 Å². The fourth-order valence-corrected chi connectivity index (χ4v) is 5.90. The number of anilines is 4. The number of sulfone groups is 1. The van der Waals surface area contributed by atoms with Gasteiger partial charge in [0.05, 0.1) is 33.8 Å². The highest BCUT2D eigenvalue weighted by atomic mass is 35.5. The van der Waals surface area contributed by atoms with Gasteiger partial charge in [0.2, 0.25) is 5.95 Å². The maximum Gasteiger partial charge on any atom is 0.229 e. The topological polar surface area (TPSA) is 105 Å². The summed E-state index contributed by atoms with van der Waals surface area (Å²) in [5, 5.41) is 9.58. The van der Waals surface area contributed by atoms with Crippen LogP contribution >= 0.6 is 11.6 Å². The molecule has 3 aromatic rings. The summed E-state index contributed by atoms with van der Waals surface area (Å²) >= 11 is 6.49. The molecule has 0 radical (unpaired) electrons. The fourth-order valence-electron chi connectivity index (χ4n) is 4.56. The Labute approximate surface area is 230 Å². The molecule has 0 bridgehead atoms. The average molecular weight is 558 g/mol. The average Bonchev–Trinajstić information content (AvgIpc) is 2.88. The first-order valence-corrected chi connectivity index (χ1v) is 14.9. The van der Waals surface area contributed by atoms with Gasteiger partial charge in [0, 0.05) is 0 Å². The molecule has 1 saturated heterocycles. The summed E-state index contributed by atoms with van der Waals surface area (Å²) in [6.45, 7) is 11.4. The van der Waals surface area contributed by atoms with Crippen molar-refractivity contribution >= 4 is 44.6 Å². The number of aromatic nitrogens is 2. The Kier molecular flexibility index (Phi) is 8.80. The fraction of sp³-hybridized carbons (Fsp3) is 0.429. The lowest BCUT2D eigenvalue weighted by molar-refractivity contribution is 0.243. The minimum Gasteiger partial charge on any atom is -0.489 e. The molecule has 38 heavy (non-hydrogen) atoms. The molecule has 2 heterocycles. The predicted octanol–water partition coefficient (Wildman–Crippen LogP) is 6.36. The zero-order chi connectivity index (χ0) is 27.4. The van der Waals surface area contributed by atoms with Crippen molar-refractivity contribution in [2.24, 2.45) is 0 Å². The molecule has 0 aliphatic carbocycles. The van der Waals surface area contributed by atoms with Gasteiger partial charge in [-0.05, 0) is 102 Å². The zero-order valence-corrected chi connectivity index (χ0v) is 24.1. The summed E-state index contributed by atoms with van der Waals surface area (Å²) in [4.78, 5) is 9.04. The van der Waals surface area contributed by atoms with E-state index >= 15 is 0 Å². The molecule has 0 unspecified atom stereocenters. The molecule has 204 valence electrons. The first-order valence-electron chi connectivity index (χ1n) is 13.0. The molecule has 3 N–H and O–H groups in total.